The van der Waals surface area contributed by atoms with Gasteiger partial charge in [0.25, 0.3) is 0 Å². The van der Waals surface area contributed by atoms with E-state index in [-0.39, 0.29) is 17.1 Å². The first-order valence-electron chi connectivity index (χ1n) is 10.7. The molecule has 1 fully saturated rings. The van der Waals surface area contributed by atoms with Gasteiger partial charge in [-0.3, -0.25) is 14.2 Å². The van der Waals surface area contributed by atoms with Crippen LogP contribution >= 0.6 is 11.8 Å². The van der Waals surface area contributed by atoms with Gasteiger partial charge >= 0.3 is 0 Å². The standard InChI is InChI=1S/C23H27N5O3S/c1-16-7-4-5-9-20(16)21-24-25-23(28(21)15-19-8-6-14-31-19)32-17(2)22(30)27-12-10-26(11-13-27)18(3)29/h4-9,14,17H,10-13,15H2,1-3H3. The summed E-state index contributed by atoms with van der Waals surface area (Å²) in [6, 6.07) is 11.8. The van der Waals surface area contributed by atoms with Crippen molar-refractivity contribution in [1.29, 1.82) is 0 Å². The minimum absolute atomic E-state index is 0.0446. The number of aryl methyl sites for hydroxylation is 1. The van der Waals surface area contributed by atoms with E-state index in [9.17, 15) is 9.59 Å². The molecule has 0 saturated carbocycles. The third-order valence-corrected chi connectivity index (χ3v) is 6.73. The summed E-state index contributed by atoms with van der Waals surface area (Å²) in [6.45, 7) is 8.23. The maximum atomic E-state index is 13.1. The second-order valence-electron chi connectivity index (χ2n) is 7.88. The number of amides is 2. The fourth-order valence-corrected chi connectivity index (χ4v) is 4.74. The van der Waals surface area contributed by atoms with Gasteiger partial charge in [-0.15, -0.1) is 10.2 Å². The van der Waals surface area contributed by atoms with Gasteiger partial charge in [0.15, 0.2) is 11.0 Å². The summed E-state index contributed by atoms with van der Waals surface area (Å²) in [6.07, 6.45) is 1.65. The average Bonchev–Trinajstić information content (AvgIpc) is 3.44. The number of aromatic nitrogens is 3. The minimum Gasteiger partial charge on any atom is -0.467 e. The highest BCUT2D eigenvalue weighted by molar-refractivity contribution is 8.00. The molecule has 168 valence electrons. The van der Waals surface area contributed by atoms with Crippen LogP contribution in [0.5, 0.6) is 0 Å². The fraction of sp³-hybridized carbons (Fsp3) is 0.391. The summed E-state index contributed by atoms with van der Waals surface area (Å²) >= 11 is 1.40. The molecule has 0 bridgehead atoms. The van der Waals surface area contributed by atoms with E-state index in [4.69, 9.17) is 4.42 Å². The molecule has 32 heavy (non-hydrogen) atoms. The Morgan fingerprint density at radius 2 is 1.78 bits per heavy atom. The zero-order chi connectivity index (χ0) is 22.7. The van der Waals surface area contributed by atoms with E-state index >= 15 is 0 Å². The predicted octanol–water partition coefficient (Wildman–Crippen LogP) is 3.07. The lowest BCUT2D eigenvalue weighted by Crippen LogP contribution is -2.51. The Kier molecular flexibility index (Phi) is 6.64. The number of thioether (sulfide) groups is 1. The van der Waals surface area contributed by atoms with E-state index in [1.54, 1.807) is 18.1 Å². The van der Waals surface area contributed by atoms with Gasteiger partial charge in [-0.2, -0.15) is 0 Å². The second kappa shape index (κ2) is 9.60. The highest BCUT2D eigenvalue weighted by Gasteiger charge is 2.28. The van der Waals surface area contributed by atoms with E-state index in [2.05, 4.69) is 10.2 Å². The quantitative estimate of drug-likeness (QED) is 0.534. The Hall–Kier alpha value is -3.07. The van der Waals surface area contributed by atoms with Gasteiger partial charge in [-0.05, 0) is 31.5 Å². The van der Waals surface area contributed by atoms with Gasteiger partial charge in [0, 0.05) is 38.7 Å². The lowest BCUT2D eigenvalue weighted by atomic mass is 10.1. The smallest absolute Gasteiger partial charge is 0.236 e. The molecule has 3 heterocycles. The number of hydrogen-bond donors (Lipinski definition) is 0. The molecule has 1 unspecified atom stereocenters. The highest BCUT2D eigenvalue weighted by atomic mass is 32.2. The number of carbonyl (C=O) groups is 2. The van der Waals surface area contributed by atoms with Crippen LogP contribution in [0.25, 0.3) is 11.4 Å². The van der Waals surface area contributed by atoms with Crippen molar-refractivity contribution < 1.29 is 14.0 Å². The molecule has 0 aliphatic carbocycles. The SMILES string of the molecule is CC(=O)N1CCN(C(=O)C(C)Sc2nnc(-c3ccccc3C)n2Cc2ccco2)CC1. The lowest BCUT2D eigenvalue weighted by molar-refractivity contribution is -0.137. The Morgan fingerprint density at radius 3 is 2.44 bits per heavy atom. The minimum atomic E-state index is -0.330. The molecular weight excluding hydrogens is 426 g/mol. The molecule has 1 aliphatic heterocycles. The average molecular weight is 454 g/mol. The van der Waals surface area contributed by atoms with Crippen LogP contribution in [-0.2, 0) is 16.1 Å². The molecule has 0 spiro atoms. The van der Waals surface area contributed by atoms with E-state index in [0.717, 1.165) is 22.7 Å². The van der Waals surface area contributed by atoms with Gasteiger partial charge in [0.1, 0.15) is 5.76 Å². The Morgan fingerprint density at radius 1 is 1.06 bits per heavy atom. The van der Waals surface area contributed by atoms with Crippen LogP contribution < -0.4 is 0 Å². The molecule has 1 aliphatic rings. The Bertz CT molecular complexity index is 1090. The maximum absolute atomic E-state index is 13.1. The van der Waals surface area contributed by atoms with Crippen LogP contribution in [0.15, 0.2) is 52.2 Å². The zero-order valence-corrected chi connectivity index (χ0v) is 19.3. The van der Waals surface area contributed by atoms with E-state index in [1.165, 1.54) is 11.8 Å². The molecule has 4 rings (SSSR count). The first kappa shape index (κ1) is 22.1. The van der Waals surface area contributed by atoms with Crippen molar-refractivity contribution in [3.8, 4) is 11.4 Å². The Balaban J connectivity index is 1.54. The molecule has 3 aromatic rings. The summed E-state index contributed by atoms with van der Waals surface area (Å²) in [5.74, 6) is 1.63. The monoisotopic (exact) mass is 453 g/mol. The maximum Gasteiger partial charge on any atom is 0.236 e. The number of benzene rings is 1. The number of furan rings is 1. The third kappa shape index (κ3) is 4.72. The molecule has 2 amide bonds. The van der Waals surface area contributed by atoms with Crippen molar-refractivity contribution in [3.63, 3.8) is 0 Å². The summed E-state index contributed by atoms with van der Waals surface area (Å²) in [7, 11) is 0. The molecule has 1 saturated heterocycles. The normalized spacial score (nSPS) is 15.1. The van der Waals surface area contributed by atoms with E-state index in [0.29, 0.717) is 37.9 Å². The van der Waals surface area contributed by atoms with Crippen LogP contribution in [-0.4, -0.2) is 67.8 Å². The van der Waals surface area contributed by atoms with Crippen LogP contribution in [0.4, 0.5) is 0 Å². The molecule has 0 N–H and O–H groups in total. The summed E-state index contributed by atoms with van der Waals surface area (Å²) < 4.78 is 7.57. The van der Waals surface area contributed by atoms with E-state index < -0.39 is 0 Å². The lowest BCUT2D eigenvalue weighted by Gasteiger charge is -2.35. The van der Waals surface area contributed by atoms with Gasteiger partial charge in [-0.1, -0.05) is 36.0 Å². The first-order chi connectivity index (χ1) is 15.4. The molecule has 1 aromatic carbocycles. The van der Waals surface area contributed by atoms with Crippen molar-refractivity contribution in [2.45, 2.75) is 37.7 Å². The number of nitrogens with zero attached hydrogens (tertiary/aromatic N) is 5. The van der Waals surface area contributed by atoms with Crippen LogP contribution in [0, 0.1) is 6.92 Å². The summed E-state index contributed by atoms with van der Waals surface area (Å²) in [5.41, 5.74) is 2.10. The van der Waals surface area contributed by atoms with Crippen molar-refractivity contribution >= 4 is 23.6 Å². The number of rotatable bonds is 6. The third-order valence-electron chi connectivity index (χ3n) is 5.66. The largest absolute Gasteiger partial charge is 0.467 e. The van der Waals surface area contributed by atoms with Crippen molar-refractivity contribution in [3.05, 3.63) is 54.0 Å². The van der Waals surface area contributed by atoms with Gasteiger partial charge < -0.3 is 14.2 Å². The number of hydrogen-bond acceptors (Lipinski definition) is 6. The molecule has 2 aromatic heterocycles. The fourth-order valence-electron chi connectivity index (χ4n) is 3.81. The van der Waals surface area contributed by atoms with Gasteiger partial charge in [0.05, 0.1) is 18.1 Å². The number of carbonyl (C=O) groups excluding carboxylic acids is 2. The van der Waals surface area contributed by atoms with Gasteiger partial charge in [-0.25, -0.2) is 0 Å². The predicted molar refractivity (Wildman–Crippen MR) is 122 cm³/mol. The highest BCUT2D eigenvalue weighted by Crippen LogP contribution is 2.30. The second-order valence-corrected chi connectivity index (χ2v) is 9.19. The Labute approximate surface area is 191 Å². The molecule has 8 nitrogen and oxygen atoms in total. The zero-order valence-electron chi connectivity index (χ0n) is 18.5. The van der Waals surface area contributed by atoms with Crippen LogP contribution in [0.1, 0.15) is 25.2 Å². The van der Waals surface area contributed by atoms with Crippen molar-refractivity contribution in [2.24, 2.45) is 0 Å². The molecule has 0 radical (unpaired) electrons. The van der Waals surface area contributed by atoms with Crippen molar-refractivity contribution in [2.75, 3.05) is 26.2 Å². The summed E-state index contributed by atoms with van der Waals surface area (Å²) in [4.78, 5) is 28.2. The molecular formula is C23H27N5O3S. The summed E-state index contributed by atoms with van der Waals surface area (Å²) in [5, 5.41) is 9.23. The van der Waals surface area contributed by atoms with Crippen LogP contribution in [0.3, 0.4) is 0 Å². The van der Waals surface area contributed by atoms with Gasteiger partial charge in [0.2, 0.25) is 11.8 Å². The molecule has 9 heteroatoms. The van der Waals surface area contributed by atoms with Crippen molar-refractivity contribution in [1.82, 2.24) is 24.6 Å². The van der Waals surface area contributed by atoms with Crippen LogP contribution in [0.2, 0.25) is 0 Å². The number of piperazine rings is 1. The first-order valence-corrected chi connectivity index (χ1v) is 11.5. The topological polar surface area (TPSA) is 84.5 Å². The molecule has 1 atom stereocenters. The van der Waals surface area contributed by atoms with E-state index in [1.807, 2.05) is 59.7 Å².